The Morgan fingerprint density at radius 1 is 1.15 bits per heavy atom. The molecule has 8 nitrogen and oxygen atoms in total. The number of likely N-dealkylation sites (tertiary alicyclic amines) is 1. The third-order valence-electron chi connectivity index (χ3n) is 6.22. The molecule has 1 fully saturated rings. The molecule has 1 N–H and O–H groups in total. The highest BCUT2D eigenvalue weighted by Crippen LogP contribution is 2.41. The number of amides is 3. The second-order valence-corrected chi connectivity index (χ2v) is 8.49. The van der Waals surface area contributed by atoms with E-state index < -0.39 is 5.41 Å². The van der Waals surface area contributed by atoms with Gasteiger partial charge < -0.3 is 10.1 Å². The van der Waals surface area contributed by atoms with Gasteiger partial charge in [-0.1, -0.05) is 36.4 Å². The molecule has 2 aromatic carbocycles. The van der Waals surface area contributed by atoms with Crippen LogP contribution in [0.15, 0.2) is 67.0 Å². The monoisotopic (exact) mass is 460 g/mol. The van der Waals surface area contributed by atoms with Gasteiger partial charge >= 0.3 is 0 Å². The fraction of sp³-hybridized carbons (Fsp3) is 0.308. The maximum Gasteiger partial charge on any atom is 0.240 e. The zero-order valence-electron chi connectivity index (χ0n) is 19.4. The lowest BCUT2D eigenvalue weighted by Crippen LogP contribution is -2.43. The second kappa shape index (κ2) is 10.0. The normalized spacial score (nSPS) is 17.9. The number of ether oxygens (including phenoxy) is 1. The number of methoxy groups -OCH3 is 1. The van der Waals surface area contributed by atoms with Gasteiger partial charge in [0.1, 0.15) is 0 Å². The summed E-state index contributed by atoms with van der Waals surface area (Å²) in [4.78, 5) is 40.7. The molecule has 176 valence electrons. The smallest absolute Gasteiger partial charge is 0.240 e. The summed E-state index contributed by atoms with van der Waals surface area (Å²) in [6.07, 6.45) is 3.41. The first-order valence-corrected chi connectivity index (χ1v) is 11.2. The fourth-order valence-corrected chi connectivity index (χ4v) is 4.53. The number of carbonyl (C=O) groups excluding carboxylic acids is 3. The van der Waals surface area contributed by atoms with Crippen molar-refractivity contribution in [3.63, 3.8) is 0 Å². The van der Waals surface area contributed by atoms with E-state index in [4.69, 9.17) is 4.74 Å². The van der Waals surface area contributed by atoms with Gasteiger partial charge in [0.05, 0.1) is 24.3 Å². The summed E-state index contributed by atoms with van der Waals surface area (Å²) in [5, 5.41) is 7.16. The van der Waals surface area contributed by atoms with Gasteiger partial charge in [-0.05, 0) is 41.8 Å². The van der Waals surface area contributed by atoms with Crippen LogP contribution in [0.2, 0.25) is 0 Å². The predicted octanol–water partition coefficient (Wildman–Crippen LogP) is 2.53. The Morgan fingerprint density at radius 3 is 2.71 bits per heavy atom. The topological polar surface area (TPSA) is 93.5 Å². The molecule has 3 aromatic rings. The van der Waals surface area contributed by atoms with Gasteiger partial charge in [0, 0.05) is 38.9 Å². The van der Waals surface area contributed by atoms with E-state index in [0.717, 1.165) is 16.8 Å². The lowest BCUT2D eigenvalue weighted by atomic mass is 9.74. The van der Waals surface area contributed by atoms with Crippen molar-refractivity contribution >= 4 is 17.7 Å². The number of nitrogens with one attached hydrogen (secondary N) is 1. The van der Waals surface area contributed by atoms with Crippen molar-refractivity contribution in [2.45, 2.75) is 31.7 Å². The molecule has 1 aliphatic heterocycles. The molecule has 0 bridgehead atoms. The van der Waals surface area contributed by atoms with Gasteiger partial charge in [0.25, 0.3) is 0 Å². The molecule has 8 heteroatoms. The lowest BCUT2D eigenvalue weighted by Gasteiger charge is -2.28. The summed E-state index contributed by atoms with van der Waals surface area (Å²) in [6.45, 7) is 2.61. The van der Waals surface area contributed by atoms with Crippen molar-refractivity contribution in [1.29, 1.82) is 0 Å². The van der Waals surface area contributed by atoms with Crippen LogP contribution in [-0.2, 0) is 31.1 Å². The van der Waals surface area contributed by atoms with Crippen LogP contribution in [0, 0.1) is 6.92 Å². The number of carbonyl (C=O) groups is 3. The third kappa shape index (κ3) is 4.63. The van der Waals surface area contributed by atoms with Crippen LogP contribution in [0.1, 0.15) is 29.5 Å². The number of rotatable bonds is 9. The SMILES string of the molecule is COCCN1C(=O)C[C@@](CC(=O)NCc2cccc(-n3cccn3)c2)(c2ccccc2C)C1=O. The summed E-state index contributed by atoms with van der Waals surface area (Å²) in [6, 6.07) is 17.0. The Bertz CT molecular complexity index is 1190. The van der Waals surface area contributed by atoms with E-state index in [1.807, 2.05) is 67.7 Å². The Morgan fingerprint density at radius 2 is 1.97 bits per heavy atom. The van der Waals surface area contributed by atoms with E-state index in [-0.39, 0.29) is 43.7 Å². The second-order valence-electron chi connectivity index (χ2n) is 8.49. The maximum absolute atomic E-state index is 13.5. The number of hydrogen-bond donors (Lipinski definition) is 1. The molecule has 1 atom stereocenters. The van der Waals surface area contributed by atoms with Crippen LogP contribution in [-0.4, -0.2) is 52.7 Å². The molecule has 1 saturated heterocycles. The Balaban J connectivity index is 1.54. The highest BCUT2D eigenvalue weighted by molar-refractivity contribution is 6.11. The van der Waals surface area contributed by atoms with E-state index >= 15 is 0 Å². The quantitative estimate of drug-likeness (QED) is 0.496. The first kappa shape index (κ1) is 23.4. The summed E-state index contributed by atoms with van der Waals surface area (Å²) in [5.41, 5.74) is 2.15. The van der Waals surface area contributed by atoms with E-state index in [9.17, 15) is 14.4 Å². The van der Waals surface area contributed by atoms with Crippen LogP contribution >= 0.6 is 0 Å². The molecule has 0 spiro atoms. The van der Waals surface area contributed by atoms with Crippen molar-refractivity contribution in [2.75, 3.05) is 20.3 Å². The number of aryl methyl sites for hydroxylation is 1. The Labute approximate surface area is 198 Å². The summed E-state index contributed by atoms with van der Waals surface area (Å²) in [7, 11) is 1.52. The molecule has 0 radical (unpaired) electrons. The van der Waals surface area contributed by atoms with Crippen molar-refractivity contribution in [1.82, 2.24) is 20.0 Å². The third-order valence-corrected chi connectivity index (χ3v) is 6.22. The Kier molecular flexibility index (Phi) is 6.88. The highest BCUT2D eigenvalue weighted by Gasteiger charge is 2.54. The zero-order chi connectivity index (χ0) is 24.1. The van der Waals surface area contributed by atoms with Crippen molar-refractivity contribution < 1.29 is 19.1 Å². The van der Waals surface area contributed by atoms with Crippen LogP contribution < -0.4 is 5.32 Å². The van der Waals surface area contributed by atoms with Crippen molar-refractivity contribution in [3.8, 4) is 5.69 Å². The largest absolute Gasteiger partial charge is 0.383 e. The molecule has 34 heavy (non-hydrogen) atoms. The first-order chi connectivity index (χ1) is 16.4. The number of hydrogen-bond acceptors (Lipinski definition) is 5. The van der Waals surface area contributed by atoms with Gasteiger partial charge in [-0.2, -0.15) is 5.10 Å². The van der Waals surface area contributed by atoms with Crippen molar-refractivity contribution in [2.24, 2.45) is 0 Å². The average Bonchev–Trinajstić information content (AvgIpc) is 3.45. The highest BCUT2D eigenvalue weighted by atomic mass is 16.5. The minimum atomic E-state index is -1.23. The standard InChI is InChI=1S/C26H28N4O4/c1-19-7-3-4-10-22(19)26(17-24(32)29(25(26)33)13-14-34-2)16-23(31)27-18-20-8-5-9-21(15-20)30-12-6-11-28-30/h3-12,15H,13-14,16-18H2,1-2H3,(H,27,31)/t26-/m0/s1. The number of imide groups is 1. The molecular weight excluding hydrogens is 432 g/mol. The zero-order valence-corrected chi connectivity index (χ0v) is 19.4. The molecule has 1 aliphatic rings. The molecule has 0 unspecified atom stereocenters. The van der Waals surface area contributed by atoms with Gasteiger partial charge in [-0.15, -0.1) is 0 Å². The van der Waals surface area contributed by atoms with Gasteiger partial charge in [-0.3, -0.25) is 19.3 Å². The molecule has 3 amide bonds. The molecular formula is C26H28N4O4. The molecule has 4 rings (SSSR count). The molecule has 2 heterocycles. The maximum atomic E-state index is 13.5. The van der Waals surface area contributed by atoms with Gasteiger partial charge in [0.2, 0.25) is 17.7 Å². The number of nitrogens with zero attached hydrogens (tertiary/aromatic N) is 3. The molecule has 0 aliphatic carbocycles. The lowest BCUT2D eigenvalue weighted by molar-refractivity contribution is -0.141. The van der Waals surface area contributed by atoms with Gasteiger partial charge in [0.15, 0.2) is 0 Å². The van der Waals surface area contributed by atoms with E-state index in [0.29, 0.717) is 12.1 Å². The average molecular weight is 461 g/mol. The number of benzene rings is 2. The van der Waals surface area contributed by atoms with E-state index in [1.165, 1.54) is 12.0 Å². The minimum absolute atomic E-state index is 0.0391. The van der Waals surface area contributed by atoms with Crippen LogP contribution in [0.5, 0.6) is 0 Å². The van der Waals surface area contributed by atoms with Crippen LogP contribution in [0.25, 0.3) is 5.69 Å². The van der Waals surface area contributed by atoms with E-state index in [1.54, 1.807) is 10.9 Å². The predicted molar refractivity (Wildman–Crippen MR) is 126 cm³/mol. The first-order valence-electron chi connectivity index (χ1n) is 11.2. The summed E-state index contributed by atoms with van der Waals surface area (Å²) >= 11 is 0. The number of aromatic nitrogens is 2. The van der Waals surface area contributed by atoms with E-state index in [2.05, 4.69) is 10.4 Å². The Hall–Kier alpha value is -3.78. The molecule has 0 saturated carbocycles. The van der Waals surface area contributed by atoms with Crippen molar-refractivity contribution in [3.05, 3.63) is 83.7 Å². The van der Waals surface area contributed by atoms with Crippen LogP contribution in [0.3, 0.4) is 0 Å². The fourth-order valence-electron chi connectivity index (χ4n) is 4.53. The minimum Gasteiger partial charge on any atom is -0.383 e. The van der Waals surface area contributed by atoms with Gasteiger partial charge in [-0.25, -0.2) is 4.68 Å². The van der Waals surface area contributed by atoms with Crippen LogP contribution in [0.4, 0.5) is 0 Å². The molecule has 1 aromatic heterocycles. The summed E-state index contributed by atoms with van der Waals surface area (Å²) < 4.78 is 6.82. The summed E-state index contributed by atoms with van der Waals surface area (Å²) in [5.74, 6) is -0.924.